The smallest absolute Gasteiger partial charge is 0.303 e. The van der Waals surface area contributed by atoms with Crippen LogP contribution in [-0.2, 0) is 28.5 Å². The Morgan fingerprint density at radius 3 is 2.09 bits per heavy atom. The van der Waals surface area contributed by atoms with Crippen LogP contribution in [-0.4, -0.2) is 110 Å². The number of hydrogen-bond acceptors (Lipinski definition) is 16. The molecule has 0 saturated carbocycles. The molecule has 18 nitrogen and oxygen atoms in total. The molecule has 2 aliphatic rings. The maximum absolute atomic E-state index is 11.6. The molecule has 2 fully saturated rings. The van der Waals surface area contributed by atoms with E-state index in [1.807, 2.05) is 6.92 Å². The first-order chi connectivity index (χ1) is 21.0. The number of ether oxygens (including phenoxy) is 4. The first-order valence-electron chi connectivity index (χ1n) is 13.5. The molecule has 5 N–H and O–H groups in total. The quantitative estimate of drug-likeness (QED) is 0.156. The van der Waals surface area contributed by atoms with Crippen molar-refractivity contribution in [1.29, 1.82) is 0 Å². The second-order valence-electron chi connectivity index (χ2n) is 9.95. The van der Waals surface area contributed by atoms with Gasteiger partial charge in [0.25, 0.3) is 0 Å². The Morgan fingerprint density at radius 2 is 1.48 bits per heavy atom. The van der Waals surface area contributed by atoms with E-state index in [4.69, 9.17) is 41.4 Å². The van der Waals surface area contributed by atoms with Gasteiger partial charge in [-0.2, -0.15) is 0 Å². The number of nitrogen functional groups attached to an aromatic ring is 1. The fourth-order valence-electron chi connectivity index (χ4n) is 5.07. The molecule has 19 heteroatoms. The number of rotatable bonds is 6. The zero-order valence-corrected chi connectivity index (χ0v) is 24.4. The summed E-state index contributed by atoms with van der Waals surface area (Å²) in [5.74, 6) is -0.785. The summed E-state index contributed by atoms with van der Waals surface area (Å²) < 4.78 is 24.9. The molecule has 44 heavy (non-hydrogen) atoms. The van der Waals surface area contributed by atoms with Gasteiger partial charge in [-0.1, -0.05) is 29.0 Å². The van der Waals surface area contributed by atoms with E-state index in [1.165, 1.54) is 35.6 Å². The summed E-state index contributed by atoms with van der Waals surface area (Å²) in [7, 11) is 0. The van der Waals surface area contributed by atoms with E-state index in [2.05, 4.69) is 30.6 Å². The Kier molecular flexibility index (Phi) is 9.18. The molecular weight excluding hydrogens is 606 g/mol. The van der Waals surface area contributed by atoms with Crippen LogP contribution in [0, 0.1) is 0 Å². The van der Waals surface area contributed by atoms with E-state index in [0.717, 1.165) is 0 Å². The number of pyridine rings is 2. The summed E-state index contributed by atoms with van der Waals surface area (Å²) in [6.07, 6.45) is -3.49. The minimum atomic E-state index is -1.21. The van der Waals surface area contributed by atoms with Gasteiger partial charge < -0.3 is 40.0 Å². The summed E-state index contributed by atoms with van der Waals surface area (Å²) in [4.78, 5) is 30.9. The summed E-state index contributed by atoms with van der Waals surface area (Å²) in [5, 5.41) is 44.7. The number of aliphatic hydroxyl groups excluding tert-OH is 3. The lowest BCUT2D eigenvalue weighted by atomic mass is 10.1. The Morgan fingerprint density at radius 1 is 0.909 bits per heavy atom. The Balaban J connectivity index is 0.000000181. The van der Waals surface area contributed by atoms with Crippen LogP contribution in [0.5, 0.6) is 0 Å². The number of aromatic nitrogens is 8. The molecule has 0 aliphatic carbocycles. The number of carbonyl (C=O) groups is 2. The highest BCUT2D eigenvalue weighted by Crippen LogP contribution is 2.37. The predicted molar refractivity (Wildman–Crippen MR) is 148 cm³/mol. The van der Waals surface area contributed by atoms with Crippen molar-refractivity contribution in [1.82, 2.24) is 40.0 Å². The van der Waals surface area contributed by atoms with Crippen molar-refractivity contribution >= 4 is 51.4 Å². The van der Waals surface area contributed by atoms with Crippen molar-refractivity contribution in [2.45, 2.75) is 76.3 Å². The highest BCUT2D eigenvalue weighted by Gasteiger charge is 2.50. The molecule has 0 spiro atoms. The van der Waals surface area contributed by atoms with Crippen LogP contribution in [0.2, 0.25) is 5.15 Å². The third-order valence-corrected chi connectivity index (χ3v) is 7.33. The maximum Gasteiger partial charge on any atom is 0.303 e. The molecule has 4 aromatic rings. The van der Waals surface area contributed by atoms with Gasteiger partial charge in [0.15, 0.2) is 46.7 Å². The zero-order valence-electron chi connectivity index (χ0n) is 23.7. The minimum absolute atomic E-state index is 0.203. The third-order valence-electron chi connectivity index (χ3n) is 7.06. The molecule has 6 heterocycles. The number of nitrogens with two attached hydrogens (primary N) is 1. The Bertz CT molecular complexity index is 1650. The number of esters is 2. The van der Waals surface area contributed by atoms with Crippen LogP contribution >= 0.6 is 11.6 Å². The second-order valence-corrected chi connectivity index (χ2v) is 10.3. The fourth-order valence-corrected chi connectivity index (χ4v) is 5.26. The lowest BCUT2D eigenvalue weighted by molar-refractivity contribution is -0.165. The summed E-state index contributed by atoms with van der Waals surface area (Å²) >= 11 is 6.03. The molecule has 4 aromatic heterocycles. The maximum atomic E-state index is 11.6. The largest absolute Gasteiger partial charge is 0.456 e. The van der Waals surface area contributed by atoms with E-state index >= 15 is 0 Å². The van der Waals surface area contributed by atoms with Gasteiger partial charge in [-0.05, 0) is 18.6 Å². The predicted octanol–water partition coefficient (Wildman–Crippen LogP) is -0.329. The topological polar surface area (TPSA) is 245 Å². The van der Waals surface area contributed by atoms with Crippen LogP contribution in [0.15, 0.2) is 24.5 Å². The fraction of sp³-hybridized carbons (Fsp3) is 0.520. The molecule has 236 valence electrons. The number of nitrogens with zero attached hydrogens (tertiary/aromatic N) is 8. The van der Waals surface area contributed by atoms with Crippen molar-refractivity contribution in [2.24, 2.45) is 0 Å². The average molecular weight is 636 g/mol. The number of fused-ring (bicyclic) bond motifs is 2. The van der Waals surface area contributed by atoms with Crippen LogP contribution in [0.4, 0.5) is 5.82 Å². The molecular formula is C25H30ClN9O9. The van der Waals surface area contributed by atoms with Crippen LogP contribution in [0.3, 0.4) is 0 Å². The third kappa shape index (κ3) is 5.86. The summed E-state index contributed by atoms with van der Waals surface area (Å²) in [6, 6.07) is 3.30. The lowest BCUT2D eigenvalue weighted by Gasteiger charge is -2.23. The van der Waals surface area contributed by atoms with Crippen molar-refractivity contribution in [2.75, 3.05) is 12.3 Å². The van der Waals surface area contributed by atoms with E-state index in [1.54, 1.807) is 12.1 Å². The number of aliphatic hydroxyl groups is 3. The van der Waals surface area contributed by atoms with E-state index < -0.39 is 67.6 Å². The molecule has 2 aliphatic heterocycles. The van der Waals surface area contributed by atoms with Crippen molar-refractivity contribution in [3.05, 3.63) is 29.7 Å². The molecule has 0 aromatic carbocycles. The number of anilines is 1. The van der Waals surface area contributed by atoms with Gasteiger partial charge in [0.1, 0.15) is 24.4 Å². The monoisotopic (exact) mass is 635 g/mol. The molecule has 0 bridgehead atoms. The van der Waals surface area contributed by atoms with Crippen LogP contribution in [0.1, 0.15) is 39.6 Å². The van der Waals surface area contributed by atoms with E-state index in [9.17, 15) is 19.8 Å². The Hall–Kier alpha value is -4.07. The molecule has 0 radical (unpaired) electrons. The van der Waals surface area contributed by atoms with Crippen molar-refractivity contribution < 1.29 is 43.9 Å². The Labute approximate surface area is 253 Å². The average Bonchev–Trinajstić information content (AvgIpc) is 3.75. The first-order valence-corrected chi connectivity index (χ1v) is 13.9. The van der Waals surface area contributed by atoms with E-state index in [-0.39, 0.29) is 11.0 Å². The minimum Gasteiger partial charge on any atom is -0.456 e. The second kappa shape index (κ2) is 12.9. The number of hydrogen-bond donors (Lipinski definition) is 4. The highest BCUT2D eigenvalue weighted by atomic mass is 35.5. The van der Waals surface area contributed by atoms with Gasteiger partial charge in [-0.25, -0.2) is 19.3 Å². The molecule has 0 amide bonds. The molecule has 2 unspecified atom stereocenters. The van der Waals surface area contributed by atoms with Gasteiger partial charge >= 0.3 is 11.9 Å². The van der Waals surface area contributed by atoms with Gasteiger partial charge in [0, 0.05) is 26.2 Å². The molecule has 6 rings (SSSR count). The zero-order chi connectivity index (χ0) is 31.7. The summed E-state index contributed by atoms with van der Waals surface area (Å²) in [5.41, 5.74) is 7.55. The summed E-state index contributed by atoms with van der Waals surface area (Å²) in [6.45, 7) is 4.06. The standard InChI is InChI=1S/C15H17ClN4O5.C10H13N5O4/c1-4-10-12(23-7(2)21)13(24-8(3)22)15(25-10)20-9-5-6-17-14(16)11(9)18-19-20;11-9-6-4(1-2-12-9)15(14-13-6)10-8(18)7(17)5(3-16)19-10/h5-6,10,12-13,15H,4H2,1-3H3;1-2,5,7-8,10,16-18H,3H2,(H2,11,12)/t10-,12?,13+,15-;5-,7?,8+,10-/m11/s1. The van der Waals surface area contributed by atoms with Gasteiger partial charge in [0.05, 0.1) is 17.6 Å². The number of halogens is 1. The van der Waals surface area contributed by atoms with Gasteiger partial charge in [-0.3, -0.25) is 9.59 Å². The van der Waals surface area contributed by atoms with Crippen LogP contribution in [0.25, 0.3) is 22.1 Å². The van der Waals surface area contributed by atoms with E-state index in [0.29, 0.717) is 28.5 Å². The van der Waals surface area contributed by atoms with Crippen molar-refractivity contribution in [3.63, 3.8) is 0 Å². The number of carbonyl (C=O) groups excluding carboxylic acids is 2. The molecule has 8 atom stereocenters. The lowest BCUT2D eigenvalue weighted by Crippen LogP contribution is -2.38. The normalized spacial score (nSPS) is 28.2. The van der Waals surface area contributed by atoms with Crippen molar-refractivity contribution in [3.8, 4) is 0 Å². The van der Waals surface area contributed by atoms with Crippen LogP contribution < -0.4 is 5.73 Å². The molecule has 2 saturated heterocycles. The first kappa shape index (κ1) is 31.4. The highest BCUT2D eigenvalue weighted by molar-refractivity contribution is 6.33. The van der Waals surface area contributed by atoms with Gasteiger partial charge in [0.2, 0.25) is 0 Å². The SMILES string of the molecule is CC[C@H]1O[C@@H](n2nnc3c(Cl)nccc32)[C@@H](OC(C)=O)C1OC(C)=O.Nc1nccc2c1nnn2[C@@H]1O[C@H](CO)C(O)[C@@H]1O. The van der Waals surface area contributed by atoms with Gasteiger partial charge in [-0.15, -0.1) is 10.2 Å².